The number of nitriles is 1. The van der Waals surface area contributed by atoms with Gasteiger partial charge in [-0.2, -0.15) is 5.26 Å². The standard InChI is InChI=1S/C31H32O4.CClN/c1-30(2,22-5-11-26(32)12-6-22)24-9-15-28(34)20(18-24)17-21-19-25(10-16-29(21)35)31(3,4)23-7-13-27(33)14-8-23;2-1-3/h5-16,18-19,32-35H,17H2,1-4H3;. The fraction of sp³-hybridized carbons (Fsp3) is 0.219. The summed E-state index contributed by atoms with van der Waals surface area (Å²) in [4.78, 5) is 0. The third-order valence-electron chi connectivity index (χ3n) is 7.16. The molecule has 5 nitrogen and oxygen atoms in total. The van der Waals surface area contributed by atoms with Crippen LogP contribution in [0.25, 0.3) is 0 Å². The van der Waals surface area contributed by atoms with E-state index in [4.69, 9.17) is 5.26 Å². The monoisotopic (exact) mass is 529 g/mol. The van der Waals surface area contributed by atoms with Crippen molar-refractivity contribution < 1.29 is 20.4 Å². The second-order valence-electron chi connectivity index (χ2n) is 10.3. The zero-order valence-corrected chi connectivity index (χ0v) is 22.7. The molecule has 0 atom stereocenters. The van der Waals surface area contributed by atoms with Crippen molar-refractivity contribution in [3.05, 3.63) is 118 Å². The highest BCUT2D eigenvalue weighted by molar-refractivity contribution is 6.28. The van der Waals surface area contributed by atoms with E-state index in [2.05, 4.69) is 39.3 Å². The van der Waals surface area contributed by atoms with E-state index in [0.717, 1.165) is 33.4 Å². The Morgan fingerprint density at radius 3 is 1.18 bits per heavy atom. The van der Waals surface area contributed by atoms with E-state index in [1.54, 1.807) is 36.4 Å². The molecule has 0 aliphatic heterocycles. The Hall–Kier alpha value is -4.14. The SMILES string of the molecule is CC(C)(c1ccc(O)cc1)c1ccc(O)c(Cc2cc(C(C)(C)c3ccc(O)cc3)ccc2O)c1.N#CCl. The lowest BCUT2D eigenvalue weighted by Crippen LogP contribution is -2.19. The van der Waals surface area contributed by atoms with Gasteiger partial charge in [0.2, 0.25) is 0 Å². The van der Waals surface area contributed by atoms with Crippen molar-refractivity contribution in [3.63, 3.8) is 0 Å². The molecule has 0 spiro atoms. The molecule has 0 aliphatic rings. The number of phenols is 4. The van der Waals surface area contributed by atoms with Crippen LogP contribution in [0.4, 0.5) is 0 Å². The molecule has 4 aromatic carbocycles. The predicted octanol–water partition coefficient (Wildman–Crippen LogP) is 7.46. The van der Waals surface area contributed by atoms with Gasteiger partial charge in [0, 0.05) is 28.9 Å². The van der Waals surface area contributed by atoms with Crippen molar-refractivity contribution in [3.8, 4) is 28.5 Å². The van der Waals surface area contributed by atoms with Crippen LogP contribution < -0.4 is 0 Å². The highest BCUT2D eigenvalue weighted by Gasteiger charge is 2.26. The summed E-state index contributed by atoms with van der Waals surface area (Å²) in [6.45, 7) is 8.42. The van der Waals surface area contributed by atoms with Gasteiger partial charge in [0.15, 0.2) is 5.53 Å². The Morgan fingerprint density at radius 1 is 0.579 bits per heavy atom. The van der Waals surface area contributed by atoms with Gasteiger partial charge in [-0.3, -0.25) is 0 Å². The van der Waals surface area contributed by atoms with Crippen molar-refractivity contribution in [2.45, 2.75) is 44.9 Å². The first-order valence-corrected chi connectivity index (χ1v) is 12.5. The van der Waals surface area contributed by atoms with Crippen LogP contribution in [0.1, 0.15) is 61.1 Å². The van der Waals surface area contributed by atoms with Gasteiger partial charge in [0.05, 0.1) is 0 Å². The smallest absolute Gasteiger partial charge is 0.173 e. The summed E-state index contributed by atoms with van der Waals surface area (Å²) in [7, 11) is 0. The van der Waals surface area contributed by atoms with Gasteiger partial charge in [-0.25, -0.2) is 0 Å². The van der Waals surface area contributed by atoms with Gasteiger partial charge in [-0.1, -0.05) is 76.2 Å². The summed E-state index contributed by atoms with van der Waals surface area (Å²) >= 11 is 4.30. The maximum Gasteiger partial charge on any atom is 0.173 e. The molecule has 6 heteroatoms. The lowest BCUT2D eigenvalue weighted by molar-refractivity contribution is 0.461. The molecule has 196 valence electrons. The number of aromatic hydroxyl groups is 4. The first-order chi connectivity index (χ1) is 17.9. The van der Waals surface area contributed by atoms with Gasteiger partial charge < -0.3 is 20.4 Å². The first kappa shape index (κ1) is 28.4. The molecule has 0 aromatic heterocycles. The topological polar surface area (TPSA) is 105 Å². The van der Waals surface area contributed by atoms with E-state index in [0.29, 0.717) is 6.42 Å². The Bertz CT molecular complexity index is 1330. The van der Waals surface area contributed by atoms with Gasteiger partial charge in [-0.05, 0) is 69.8 Å². The summed E-state index contributed by atoms with van der Waals surface area (Å²) < 4.78 is 0. The number of halogens is 1. The van der Waals surface area contributed by atoms with Gasteiger partial charge in [-0.15, -0.1) is 0 Å². The molecule has 0 saturated heterocycles. The maximum absolute atomic E-state index is 10.7. The molecule has 4 rings (SSSR count). The van der Waals surface area contributed by atoms with Crippen LogP contribution in [0, 0.1) is 10.8 Å². The molecule has 0 saturated carbocycles. The van der Waals surface area contributed by atoms with Crippen LogP contribution in [0.3, 0.4) is 0 Å². The Labute approximate surface area is 228 Å². The van der Waals surface area contributed by atoms with Crippen LogP contribution in [0.2, 0.25) is 0 Å². The molecule has 0 radical (unpaired) electrons. The zero-order valence-electron chi connectivity index (χ0n) is 21.9. The second-order valence-corrected chi connectivity index (χ2v) is 10.5. The number of hydrogen-bond donors (Lipinski definition) is 4. The van der Waals surface area contributed by atoms with Crippen molar-refractivity contribution in [1.29, 1.82) is 5.26 Å². The zero-order chi connectivity index (χ0) is 28.1. The van der Waals surface area contributed by atoms with E-state index in [1.807, 2.05) is 48.5 Å². The minimum atomic E-state index is -0.346. The van der Waals surface area contributed by atoms with Gasteiger partial charge >= 0.3 is 0 Å². The molecule has 38 heavy (non-hydrogen) atoms. The van der Waals surface area contributed by atoms with E-state index in [-0.39, 0.29) is 33.8 Å². The van der Waals surface area contributed by atoms with Crippen molar-refractivity contribution >= 4 is 11.6 Å². The number of hydrogen-bond acceptors (Lipinski definition) is 5. The largest absolute Gasteiger partial charge is 0.508 e. The van der Waals surface area contributed by atoms with Crippen LogP contribution in [0.5, 0.6) is 23.0 Å². The number of rotatable bonds is 6. The van der Waals surface area contributed by atoms with Gasteiger partial charge in [0.1, 0.15) is 23.0 Å². The summed E-state index contributed by atoms with van der Waals surface area (Å²) in [5.41, 5.74) is 6.13. The summed E-state index contributed by atoms with van der Waals surface area (Å²) in [5, 5.41) is 47.7. The maximum atomic E-state index is 10.7. The van der Waals surface area contributed by atoms with Crippen LogP contribution in [-0.4, -0.2) is 20.4 Å². The van der Waals surface area contributed by atoms with E-state index >= 15 is 0 Å². The van der Waals surface area contributed by atoms with Crippen molar-refractivity contribution in [2.24, 2.45) is 0 Å². The van der Waals surface area contributed by atoms with Crippen LogP contribution in [0.15, 0.2) is 84.9 Å². The molecule has 0 amide bonds. The van der Waals surface area contributed by atoms with Crippen LogP contribution in [-0.2, 0) is 17.3 Å². The highest BCUT2D eigenvalue weighted by atomic mass is 35.5. The molecule has 0 heterocycles. The lowest BCUT2D eigenvalue weighted by atomic mass is 9.76. The van der Waals surface area contributed by atoms with E-state index < -0.39 is 0 Å². The minimum Gasteiger partial charge on any atom is -0.508 e. The lowest BCUT2D eigenvalue weighted by Gasteiger charge is -2.28. The first-order valence-electron chi connectivity index (χ1n) is 12.1. The van der Waals surface area contributed by atoms with Gasteiger partial charge in [0.25, 0.3) is 0 Å². The van der Waals surface area contributed by atoms with Crippen molar-refractivity contribution in [2.75, 3.05) is 0 Å². The quantitative estimate of drug-likeness (QED) is 0.207. The fourth-order valence-electron chi connectivity index (χ4n) is 4.53. The number of phenolic OH excluding ortho intramolecular Hbond substituents is 4. The fourth-order valence-corrected chi connectivity index (χ4v) is 4.53. The Balaban J connectivity index is 0.00000127. The number of benzene rings is 4. The summed E-state index contributed by atoms with van der Waals surface area (Å²) in [6.07, 6.45) is 0.372. The molecule has 4 N–H and O–H groups in total. The molecular formula is C32H32ClNO4. The minimum absolute atomic E-state index is 0.179. The average molecular weight is 530 g/mol. The Kier molecular flexibility index (Phi) is 8.60. The summed E-state index contributed by atoms with van der Waals surface area (Å²) in [5.74, 6) is 0.804. The molecule has 4 aromatic rings. The average Bonchev–Trinajstić information content (AvgIpc) is 2.87. The molecule has 0 bridgehead atoms. The van der Waals surface area contributed by atoms with Crippen LogP contribution >= 0.6 is 11.6 Å². The predicted molar refractivity (Wildman–Crippen MR) is 151 cm³/mol. The van der Waals surface area contributed by atoms with Crippen molar-refractivity contribution in [1.82, 2.24) is 0 Å². The second kappa shape index (κ2) is 11.5. The van der Waals surface area contributed by atoms with E-state index in [1.165, 1.54) is 5.53 Å². The molecule has 0 aliphatic carbocycles. The molecule has 0 unspecified atom stereocenters. The third kappa shape index (κ3) is 6.22. The third-order valence-corrected chi connectivity index (χ3v) is 7.16. The normalized spacial score (nSPS) is 11.3. The Morgan fingerprint density at radius 2 is 0.868 bits per heavy atom. The molecular weight excluding hydrogens is 498 g/mol. The number of nitrogens with zero attached hydrogens (tertiary/aromatic N) is 1. The highest BCUT2D eigenvalue weighted by Crippen LogP contribution is 2.38. The molecule has 0 fully saturated rings. The van der Waals surface area contributed by atoms with E-state index in [9.17, 15) is 20.4 Å². The summed E-state index contributed by atoms with van der Waals surface area (Å²) in [6, 6.07) is 25.5.